The standard InChI is InChI=1S/C32H30F6N2O6/c1-43-24-7-5-19(6-8-24)25(20-13-22(31(33,34)35)17-23(14-20)32(36,37)38)18-28(41)39-9-11-40(12-10-39)30(42)21-15-26(44-2)29(46-4)27(16-21)45-3/h5-8,13-18H,9-12H2,1-4H3/b25-18-. The zero-order valence-electron chi connectivity index (χ0n) is 25.2. The molecule has 1 fully saturated rings. The van der Waals surface area contributed by atoms with Crippen LogP contribution in [0, 0.1) is 0 Å². The third-order valence-corrected chi connectivity index (χ3v) is 7.36. The Hall–Kier alpha value is -4.88. The predicted octanol–water partition coefficient (Wildman–Crippen LogP) is 6.17. The number of hydrogen-bond donors (Lipinski definition) is 0. The second-order valence-electron chi connectivity index (χ2n) is 10.1. The fourth-order valence-corrected chi connectivity index (χ4v) is 4.95. The van der Waals surface area contributed by atoms with Crippen molar-refractivity contribution in [2.24, 2.45) is 0 Å². The van der Waals surface area contributed by atoms with E-state index in [1.807, 2.05) is 0 Å². The normalized spacial score (nSPS) is 14.2. The molecule has 0 N–H and O–H groups in total. The highest BCUT2D eigenvalue weighted by molar-refractivity contribution is 6.00. The van der Waals surface area contributed by atoms with Gasteiger partial charge in [0.1, 0.15) is 5.75 Å². The number of rotatable bonds is 8. The number of piperazine rings is 1. The number of alkyl halides is 6. The summed E-state index contributed by atoms with van der Waals surface area (Å²) in [6.07, 6.45) is -9.15. The van der Waals surface area contributed by atoms with Crippen LogP contribution in [0.2, 0.25) is 0 Å². The minimum atomic E-state index is -5.08. The van der Waals surface area contributed by atoms with Crippen LogP contribution in [0.4, 0.5) is 26.3 Å². The highest BCUT2D eigenvalue weighted by Gasteiger charge is 2.37. The number of benzene rings is 3. The van der Waals surface area contributed by atoms with Gasteiger partial charge in [0, 0.05) is 37.8 Å². The number of carbonyl (C=O) groups excluding carboxylic acids is 2. The smallest absolute Gasteiger partial charge is 0.416 e. The zero-order chi connectivity index (χ0) is 33.8. The number of carbonyl (C=O) groups is 2. The number of ether oxygens (including phenoxy) is 4. The van der Waals surface area contributed by atoms with Crippen molar-refractivity contribution in [2.75, 3.05) is 54.6 Å². The van der Waals surface area contributed by atoms with Gasteiger partial charge in [0.25, 0.3) is 5.91 Å². The molecule has 3 aromatic carbocycles. The van der Waals surface area contributed by atoms with Gasteiger partial charge in [0.05, 0.1) is 39.6 Å². The van der Waals surface area contributed by atoms with E-state index in [9.17, 15) is 35.9 Å². The van der Waals surface area contributed by atoms with E-state index >= 15 is 0 Å². The molecule has 0 radical (unpaired) electrons. The molecule has 8 nitrogen and oxygen atoms in total. The number of amides is 2. The lowest BCUT2D eigenvalue weighted by molar-refractivity contribution is -0.143. The van der Waals surface area contributed by atoms with Crippen LogP contribution in [0.1, 0.15) is 32.6 Å². The summed E-state index contributed by atoms with van der Waals surface area (Å²) in [6, 6.07) is 9.98. The van der Waals surface area contributed by atoms with E-state index in [0.717, 1.165) is 6.08 Å². The Morgan fingerprint density at radius 3 is 1.57 bits per heavy atom. The number of nitrogens with zero attached hydrogens (tertiary/aromatic N) is 2. The maximum absolute atomic E-state index is 13.7. The fourth-order valence-electron chi connectivity index (χ4n) is 4.95. The van der Waals surface area contributed by atoms with Gasteiger partial charge in [0.2, 0.25) is 11.7 Å². The largest absolute Gasteiger partial charge is 0.497 e. The average Bonchev–Trinajstić information content (AvgIpc) is 3.05. The SMILES string of the molecule is COc1ccc(/C(=C/C(=O)N2CCN(C(=O)c3cc(OC)c(OC)c(OC)c3)CC2)c2cc(C(F)(F)F)cc(C(F)(F)F)c2)cc1. The Balaban J connectivity index is 1.64. The summed E-state index contributed by atoms with van der Waals surface area (Å²) in [5.74, 6) is 0.222. The zero-order valence-corrected chi connectivity index (χ0v) is 25.2. The van der Waals surface area contributed by atoms with Crippen molar-refractivity contribution in [1.82, 2.24) is 9.80 Å². The Bertz CT molecular complexity index is 1550. The first-order valence-electron chi connectivity index (χ1n) is 13.7. The van der Waals surface area contributed by atoms with Crippen molar-refractivity contribution < 1.29 is 54.9 Å². The Morgan fingerprint density at radius 1 is 0.630 bits per heavy atom. The number of halogens is 6. The van der Waals surface area contributed by atoms with Gasteiger partial charge in [-0.05, 0) is 59.2 Å². The summed E-state index contributed by atoms with van der Waals surface area (Å²) in [5, 5.41) is 0. The van der Waals surface area contributed by atoms with Gasteiger partial charge in [-0.3, -0.25) is 9.59 Å². The molecule has 1 heterocycles. The van der Waals surface area contributed by atoms with E-state index in [1.165, 1.54) is 74.6 Å². The summed E-state index contributed by atoms with van der Waals surface area (Å²) >= 11 is 0. The van der Waals surface area contributed by atoms with E-state index in [0.29, 0.717) is 23.6 Å². The maximum Gasteiger partial charge on any atom is 0.416 e. The van der Waals surface area contributed by atoms with Crippen molar-refractivity contribution in [3.8, 4) is 23.0 Å². The van der Waals surface area contributed by atoms with Crippen LogP contribution in [0.5, 0.6) is 23.0 Å². The first-order valence-corrected chi connectivity index (χ1v) is 13.7. The molecule has 246 valence electrons. The second-order valence-corrected chi connectivity index (χ2v) is 10.1. The molecular weight excluding hydrogens is 622 g/mol. The van der Waals surface area contributed by atoms with Crippen LogP contribution < -0.4 is 18.9 Å². The molecule has 1 aliphatic rings. The maximum atomic E-state index is 13.7. The molecule has 0 aromatic heterocycles. The minimum Gasteiger partial charge on any atom is -0.497 e. The van der Waals surface area contributed by atoms with Gasteiger partial charge in [-0.1, -0.05) is 12.1 Å². The summed E-state index contributed by atoms with van der Waals surface area (Å²) < 4.78 is 103. The molecule has 0 atom stereocenters. The van der Waals surface area contributed by atoms with Gasteiger partial charge < -0.3 is 28.7 Å². The summed E-state index contributed by atoms with van der Waals surface area (Å²) in [5.41, 5.74) is -3.18. The van der Waals surface area contributed by atoms with Gasteiger partial charge in [-0.15, -0.1) is 0 Å². The molecule has 1 aliphatic heterocycles. The van der Waals surface area contributed by atoms with E-state index < -0.39 is 35.0 Å². The quantitative estimate of drug-likeness (QED) is 0.214. The van der Waals surface area contributed by atoms with Gasteiger partial charge >= 0.3 is 12.4 Å². The van der Waals surface area contributed by atoms with Crippen molar-refractivity contribution in [2.45, 2.75) is 12.4 Å². The lowest BCUT2D eigenvalue weighted by Crippen LogP contribution is -2.50. The molecule has 0 unspecified atom stereocenters. The highest BCUT2D eigenvalue weighted by atomic mass is 19.4. The van der Waals surface area contributed by atoms with Gasteiger partial charge in [0.15, 0.2) is 11.5 Å². The number of methoxy groups -OCH3 is 4. The van der Waals surface area contributed by atoms with E-state index in [2.05, 4.69) is 0 Å². The van der Waals surface area contributed by atoms with Crippen LogP contribution in [0.15, 0.2) is 60.7 Å². The van der Waals surface area contributed by atoms with Crippen molar-refractivity contribution in [3.63, 3.8) is 0 Å². The molecule has 0 saturated carbocycles. The van der Waals surface area contributed by atoms with Crippen LogP contribution in [0.3, 0.4) is 0 Å². The van der Waals surface area contributed by atoms with Crippen molar-refractivity contribution in [3.05, 3.63) is 88.5 Å². The monoisotopic (exact) mass is 652 g/mol. The van der Waals surface area contributed by atoms with Crippen molar-refractivity contribution >= 4 is 17.4 Å². The first kappa shape index (κ1) is 34.0. The third-order valence-electron chi connectivity index (χ3n) is 7.36. The van der Waals surface area contributed by atoms with Gasteiger partial charge in [-0.2, -0.15) is 26.3 Å². The lowest BCUT2D eigenvalue weighted by Gasteiger charge is -2.34. The molecule has 0 aliphatic carbocycles. The van der Waals surface area contributed by atoms with Crippen molar-refractivity contribution in [1.29, 1.82) is 0 Å². The Morgan fingerprint density at radius 2 is 1.13 bits per heavy atom. The summed E-state index contributed by atoms with van der Waals surface area (Å²) in [4.78, 5) is 29.6. The summed E-state index contributed by atoms with van der Waals surface area (Å²) in [7, 11) is 5.64. The lowest BCUT2D eigenvalue weighted by atomic mass is 9.93. The van der Waals surface area contributed by atoms with Crippen LogP contribution >= 0.6 is 0 Å². The van der Waals surface area contributed by atoms with E-state index in [4.69, 9.17) is 18.9 Å². The third kappa shape index (κ3) is 7.49. The van der Waals surface area contributed by atoms with Crippen LogP contribution in [-0.2, 0) is 17.1 Å². The van der Waals surface area contributed by atoms with E-state index in [1.54, 1.807) is 0 Å². The molecule has 0 bridgehead atoms. The fraction of sp³-hybridized carbons (Fsp3) is 0.312. The molecule has 3 aromatic rings. The predicted molar refractivity (Wildman–Crippen MR) is 155 cm³/mol. The summed E-state index contributed by atoms with van der Waals surface area (Å²) in [6.45, 7) is 0.318. The second kappa shape index (κ2) is 13.6. The molecule has 4 rings (SSSR count). The molecule has 14 heteroatoms. The topological polar surface area (TPSA) is 77.5 Å². The van der Waals surface area contributed by atoms with Crippen LogP contribution in [-0.4, -0.2) is 76.2 Å². The van der Waals surface area contributed by atoms with Crippen LogP contribution in [0.25, 0.3) is 5.57 Å². The molecule has 0 spiro atoms. The van der Waals surface area contributed by atoms with Gasteiger partial charge in [-0.25, -0.2) is 0 Å². The molecule has 2 amide bonds. The first-order chi connectivity index (χ1) is 21.7. The molecule has 1 saturated heterocycles. The molecular formula is C32H30F6N2O6. The molecule has 46 heavy (non-hydrogen) atoms. The minimum absolute atomic E-state index is 0.0290. The average molecular weight is 653 g/mol. The Labute approximate surface area is 260 Å². The van der Waals surface area contributed by atoms with E-state index in [-0.39, 0.29) is 66.4 Å². The number of hydrogen-bond acceptors (Lipinski definition) is 6. The Kier molecular flexibility index (Phi) is 10.1. The highest BCUT2D eigenvalue weighted by Crippen LogP contribution is 2.40.